The molecule has 0 spiro atoms. The molecule has 2 nitrogen and oxygen atoms in total. The Hall–Kier alpha value is -2.16. The van der Waals surface area contributed by atoms with Crippen molar-refractivity contribution >= 4 is 5.78 Å². The highest BCUT2D eigenvalue weighted by Crippen LogP contribution is 2.33. The number of hydrogen-bond acceptors (Lipinski definition) is 2. The van der Waals surface area contributed by atoms with Crippen molar-refractivity contribution in [1.29, 1.82) is 0 Å². The van der Waals surface area contributed by atoms with Gasteiger partial charge >= 0.3 is 0 Å². The highest BCUT2D eigenvalue weighted by atomic mass is 19.1. The molecule has 0 aromatic heterocycles. The van der Waals surface area contributed by atoms with Gasteiger partial charge in [0.15, 0.2) is 11.6 Å². The lowest BCUT2D eigenvalue weighted by Crippen LogP contribution is -2.00. The Morgan fingerprint density at radius 1 is 1.14 bits per heavy atom. The van der Waals surface area contributed by atoms with Crippen LogP contribution < -0.4 is 4.74 Å². The number of ketones is 1. The number of carbonyl (C=O) groups is 1. The maximum absolute atomic E-state index is 14.1. The van der Waals surface area contributed by atoms with E-state index in [9.17, 15) is 9.18 Å². The number of Topliss-reactive ketones (excluding diaryl/α,β-unsaturated/α-hetero) is 1. The zero-order valence-corrected chi connectivity index (χ0v) is 11.7. The van der Waals surface area contributed by atoms with Gasteiger partial charge in [0.25, 0.3) is 0 Å². The van der Waals surface area contributed by atoms with Gasteiger partial charge in [0.05, 0.1) is 0 Å². The normalized spacial score (nSPS) is 18.0. The summed E-state index contributed by atoms with van der Waals surface area (Å²) in [6, 6.07) is 14.7. The summed E-state index contributed by atoms with van der Waals surface area (Å²) in [6.07, 6.45) is 1.96. The molecule has 1 aliphatic rings. The fourth-order valence-electron chi connectivity index (χ4n) is 2.72. The summed E-state index contributed by atoms with van der Waals surface area (Å²) in [4.78, 5) is 11.3. The molecule has 3 rings (SSSR count). The molecular weight excluding hydrogens is 267 g/mol. The van der Waals surface area contributed by atoms with E-state index in [0.29, 0.717) is 19.4 Å². The minimum atomic E-state index is -0.359. The van der Waals surface area contributed by atoms with E-state index >= 15 is 0 Å². The van der Waals surface area contributed by atoms with Crippen LogP contribution in [0.3, 0.4) is 0 Å². The summed E-state index contributed by atoms with van der Waals surface area (Å²) in [7, 11) is 0. The SMILES string of the molecule is O=C1CC[C@@H](c2ccc(OCc3ccccc3)c(F)c2)C1. The summed E-state index contributed by atoms with van der Waals surface area (Å²) >= 11 is 0. The molecule has 2 aromatic rings. The van der Waals surface area contributed by atoms with Crippen LogP contribution in [0.1, 0.15) is 36.3 Å². The summed E-state index contributed by atoms with van der Waals surface area (Å²) in [5.74, 6) is 0.328. The molecule has 0 unspecified atom stereocenters. The van der Waals surface area contributed by atoms with Crippen LogP contribution in [0, 0.1) is 5.82 Å². The Morgan fingerprint density at radius 3 is 2.62 bits per heavy atom. The van der Waals surface area contributed by atoms with Gasteiger partial charge in [-0.1, -0.05) is 36.4 Å². The van der Waals surface area contributed by atoms with Crippen molar-refractivity contribution in [2.75, 3.05) is 0 Å². The highest BCUT2D eigenvalue weighted by molar-refractivity contribution is 5.81. The number of hydrogen-bond donors (Lipinski definition) is 0. The fraction of sp³-hybridized carbons (Fsp3) is 0.278. The summed E-state index contributed by atoms with van der Waals surface area (Å²) in [5, 5.41) is 0. The Kier molecular flexibility index (Phi) is 4.00. The topological polar surface area (TPSA) is 26.3 Å². The van der Waals surface area contributed by atoms with Gasteiger partial charge in [0, 0.05) is 12.8 Å². The lowest BCUT2D eigenvalue weighted by molar-refractivity contribution is -0.117. The third-order valence-electron chi connectivity index (χ3n) is 3.91. The molecule has 3 heteroatoms. The molecule has 21 heavy (non-hydrogen) atoms. The van der Waals surface area contributed by atoms with Crippen LogP contribution in [0.15, 0.2) is 48.5 Å². The standard InChI is InChI=1S/C18H17FO2/c19-17-11-15(14-6-8-16(20)10-14)7-9-18(17)21-12-13-4-2-1-3-5-13/h1-5,7,9,11,14H,6,8,10,12H2/t14-/m1/s1. The van der Waals surface area contributed by atoms with E-state index in [1.54, 1.807) is 6.07 Å². The zero-order valence-electron chi connectivity index (χ0n) is 11.7. The van der Waals surface area contributed by atoms with E-state index < -0.39 is 0 Å². The van der Waals surface area contributed by atoms with Crippen LogP contribution in [-0.4, -0.2) is 5.78 Å². The molecule has 0 amide bonds. The predicted octanol–water partition coefficient (Wildman–Crippen LogP) is 4.24. The molecule has 0 saturated heterocycles. The second-order valence-electron chi connectivity index (χ2n) is 5.44. The smallest absolute Gasteiger partial charge is 0.165 e. The monoisotopic (exact) mass is 284 g/mol. The third kappa shape index (κ3) is 3.30. The minimum Gasteiger partial charge on any atom is -0.486 e. The quantitative estimate of drug-likeness (QED) is 0.839. The van der Waals surface area contributed by atoms with Crippen LogP contribution in [0.4, 0.5) is 4.39 Å². The average molecular weight is 284 g/mol. The van der Waals surface area contributed by atoms with Gasteiger partial charge < -0.3 is 4.74 Å². The van der Waals surface area contributed by atoms with Crippen molar-refractivity contribution in [2.24, 2.45) is 0 Å². The van der Waals surface area contributed by atoms with Gasteiger partial charge in [-0.15, -0.1) is 0 Å². The van der Waals surface area contributed by atoms with Gasteiger partial charge in [0.2, 0.25) is 0 Å². The Morgan fingerprint density at radius 2 is 1.95 bits per heavy atom. The molecule has 0 N–H and O–H groups in total. The molecule has 0 aliphatic heterocycles. The summed E-state index contributed by atoms with van der Waals surface area (Å²) < 4.78 is 19.6. The van der Waals surface area contributed by atoms with Crippen molar-refractivity contribution in [3.05, 3.63) is 65.5 Å². The van der Waals surface area contributed by atoms with E-state index in [-0.39, 0.29) is 23.3 Å². The van der Waals surface area contributed by atoms with Crippen molar-refractivity contribution in [3.63, 3.8) is 0 Å². The molecule has 108 valence electrons. The first-order valence-electron chi connectivity index (χ1n) is 7.20. The second-order valence-corrected chi connectivity index (χ2v) is 5.44. The first-order valence-corrected chi connectivity index (χ1v) is 7.20. The van der Waals surface area contributed by atoms with E-state index in [4.69, 9.17) is 4.74 Å². The van der Waals surface area contributed by atoms with E-state index in [2.05, 4.69) is 0 Å². The number of halogens is 1. The zero-order chi connectivity index (χ0) is 14.7. The molecule has 1 atom stereocenters. The van der Waals surface area contributed by atoms with Gasteiger partial charge in [-0.3, -0.25) is 4.79 Å². The van der Waals surface area contributed by atoms with Crippen LogP contribution in [0.5, 0.6) is 5.75 Å². The predicted molar refractivity (Wildman–Crippen MR) is 78.8 cm³/mol. The Bertz CT molecular complexity index is 637. The first kappa shape index (κ1) is 13.8. The summed E-state index contributed by atoms with van der Waals surface area (Å²) in [5.41, 5.74) is 1.90. The van der Waals surface area contributed by atoms with Crippen LogP contribution in [-0.2, 0) is 11.4 Å². The van der Waals surface area contributed by atoms with Crippen molar-refractivity contribution in [2.45, 2.75) is 31.8 Å². The molecule has 2 aromatic carbocycles. The number of benzene rings is 2. The summed E-state index contributed by atoms with van der Waals surface area (Å²) in [6.45, 7) is 0.346. The van der Waals surface area contributed by atoms with Gasteiger partial charge in [-0.2, -0.15) is 0 Å². The molecular formula is C18H17FO2. The van der Waals surface area contributed by atoms with E-state index in [0.717, 1.165) is 17.5 Å². The van der Waals surface area contributed by atoms with Crippen molar-refractivity contribution in [1.82, 2.24) is 0 Å². The first-order chi connectivity index (χ1) is 10.2. The van der Waals surface area contributed by atoms with Crippen LogP contribution in [0.2, 0.25) is 0 Å². The largest absolute Gasteiger partial charge is 0.486 e. The molecule has 1 saturated carbocycles. The fourth-order valence-corrected chi connectivity index (χ4v) is 2.72. The number of carbonyl (C=O) groups excluding carboxylic acids is 1. The molecule has 0 bridgehead atoms. The van der Waals surface area contributed by atoms with Crippen LogP contribution in [0.25, 0.3) is 0 Å². The number of rotatable bonds is 4. The van der Waals surface area contributed by atoms with Crippen molar-refractivity contribution < 1.29 is 13.9 Å². The van der Waals surface area contributed by atoms with E-state index in [1.807, 2.05) is 36.4 Å². The second kappa shape index (κ2) is 6.08. The van der Waals surface area contributed by atoms with Gasteiger partial charge in [0.1, 0.15) is 12.4 Å². The lowest BCUT2D eigenvalue weighted by atomic mass is 9.97. The lowest BCUT2D eigenvalue weighted by Gasteiger charge is -2.12. The maximum atomic E-state index is 14.1. The van der Waals surface area contributed by atoms with Gasteiger partial charge in [-0.25, -0.2) is 4.39 Å². The highest BCUT2D eigenvalue weighted by Gasteiger charge is 2.24. The van der Waals surface area contributed by atoms with Gasteiger partial charge in [-0.05, 0) is 35.6 Å². The molecule has 0 radical (unpaired) electrons. The third-order valence-corrected chi connectivity index (χ3v) is 3.91. The molecule has 1 fully saturated rings. The Balaban J connectivity index is 1.68. The van der Waals surface area contributed by atoms with E-state index in [1.165, 1.54) is 6.07 Å². The van der Waals surface area contributed by atoms with Crippen molar-refractivity contribution in [3.8, 4) is 5.75 Å². The van der Waals surface area contributed by atoms with Crippen LogP contribution >= 0.6 is 0 Å². The maximum Gasteiger partial charge on any atom is 0.165 e. The molecule has 1 aliphatic carbocycles. The Labute approximate surface area is 123 Å². The molecule has 0 heterocycles. The number of ether oxygens (including phenoxy) is 1. The minimum absolute atomic E-state index is 0.162. The average Bonchev–Trinajstić information content (AvgIpc) is 2.93.